The van der Waals surface area contributed by atoms with Crippen molar-refractivity contribution in [1.29, 1.82) is 0 Å². The van der Waals surface area contributed by atoms with Gasteiger partial charge in [-0.3, -0.25) is 9.79 Å². The van der Waals surface area contributed by atoms with Gasteiger partial charge in [-0.2, -0.15) is 0 Å². The van der Waals surface area contributed by atoms with Crippen LogP contribution in [0, 0.1) is 0 Å². The molecule has 0 radical (unpaired) electrons. The average Bonchev–Trinajstić information content (AvgIpc) is 2.86. The van der Waals surface area contributed by atoms with Crippen molar-refractivity contribution in [3.05, 3.63) is 88.4 Å². The SMILES string of the molecule is COc1ccc(CN2C(=O)C(Cc3ccccc3Cl)N=C(Cl)c3cc(O)ccc32)cc1. The fraction of sp³-hybridized carbons (Fsp3) is 0.167. The van der Waals surface area contributed by atoms with E-state index in [0.717, 1.165) is 16.9 Å². The molecule has 0 aliphatic carbocycles. The number of carbonyl (C=O) groups is 1. The molecule has 5 nitrogen and oxygen atoms in total. The first-order chi connectivity index (χ1) is 15.0. The molecule has 1 aliphatic heterocycles. The lowest BCUT2D eigenvalue weighted by Crippen LogP contribution is -2.38. The molecule has 1 N–H and O–H groups in total. The molecule has 0 spiro atoms. The van der Waals surface area contributed by atoms with Crippen LogP contribution >= 0.6 is 23.2 Å². The number of aliphatic imine (C=N–C) groups is 1. The number of phenolic OH excluding ortho intramolecular Hbond substituents is 1. The third kappa shape index (κ3) is 4.53. The number of benzodiazepines with no additional fused rings is 1. The van der Waals surface area contributed by atoms with E-state index in [0.29, 0.717) is 29.2 Å². The Balaban J connectivity index is 1.74. The average molecular weight is 455 g/mol. The summed E-state index contributed by atoms with van der Waals surface area (Å²) in [6, 6.07) is 18.9. The second-order valence-corrected chi connectivity index (χ2v) is 7.97. The van der Waals surface area contributed by atoms with Crippen molar-refractivity contribution in [3.63, 3.8) is 0 Å². The summed E-state index contributed by atoms with van der Waals surface area (Å²) in [4.78, 5) is 19.8. The van der Waals surface area contributed by atoms with Crippen LogP contribution in [-0.2, 0) is 17.8 Å². The van der Waals surface area contributed by atoms with Gasteiger partial charge in [0.2, 0.25) is 0 Å². The molecule has 0 fully saturated rings. The fourth-order valence-electron chi connectivity index (χ4n) is 3.57. The summed E-state index contributed by atoms with van der Waals surface area (Å²) in [7, 11) is 1.61. The lowest BCUT2D eigenvalue weighted by Gasteiger charge is -2.25. The Morgan fingerprint density at radius 1 is 1.06 bits per heavy atom. The van der Waals surface area contributed by atoms with Gasteiger partial charge < -0.3 is 14.7 Å². The molecular weight excluding hydrogens is 435 g/mol. The number of aromatic hydroxyl groups is 1. The van der Waals surface area contributed by atoms with Gasteiger partial charge in [-0.25, -0.2) is 0 Å². The minimum Gasteiger partial charge on any atom is -0.508 e. The van der Waals surface area contributed by atoms with Gasteiger partial charge in [0, 0.05) is 17.0 Å². The topological polar surface area (TPSA) is 62.1 Å². The van der Waals surface area contributed by atoms with E-state index in [9.17, 15) is 9.90 Å². The van der Waals surface area contributed by atoms with Crippen LogP contribution in [0.2, 0.25) is 5.02 Å². The van der Waals surface area contributed by atoms with Gasteiger partial charge in [-0.1, -0.05) is 53.5 Å². The summed E-state index contributed by atoms with van der Waals surface area (Å²) in [6.45, 7) is 0.319. The van der Waals surface area contributed by atoms with E-state index in [-0.39, 0.29) is 16.8 Å². The fourth-order valence-corrected chi connectivity index (χ4v) is 4.05. The molecule has 0 bridgehead atoms. The van der Waals surface area contributed by atoms with Crippen LogP contribution < -0.4 is 9.64 Å². The Labute approximate surface area is 190 Å². The second kappa shape index (κ2) is 9.00. The van der Waals surface area contributed by atoms with Crippen LogP contribution in [0.1, 0.15) is 16.7 Å². The zero-order valence-electron chi connectivity index (χ0n) is 16.8. The van der Waals surface area contributed by atoms with Gasteiger partial charge in [0.25, 0.3) is 5.91 Å². The van der Waals surface area contributed by atoms with E-state index in [4.69, 9.17) is 27.9 Å². The maximum absolute atomic E-state index is 13.6. The smallest absolute Gasteiger partial charge is 0.252 e. The van der Waals surface area contributed by atoms with Crippen molar-refractivity contribution in [2.75, 3.05) is 12.0 Å². The molecule has 1 unspecified atom stereocenters. The van der Waals surface area contributed by atoms with E-state index in [1.165, 1.54) is 12.1 Å². The van der Waals surface area contributed by atoms with Gasteiger partial charge in [0.05, 0.1) is 19.3 Å². The highest BCUT2D eigenvalue weighted by Gasteiger charge is 2.32. The largest absolute Gasteiger partial charge is 0.508 e. The minimum absolute atomic E-state index is 0.0495. The van der Waals surface area contributed by atoms with E-state index in [2.05, 4.69) is 4.99 Å². The molecule has 3 aromatic carbocycles. The van der Waals surface area contributed by atoms with Gasteiger partial charge in [-0.05, 0) is 47.5 Å². The first-order valence-electron chi connectivity index (χ1n) is 9.70. The number of ether oxygens (including phenoxy) is 1. The molecule has 158 valence electrons. The zero-order chi connectivity index (χ0) is 22.0. The number of benzene rings is 3. The molecule has 4 rings (SSSR count). The summed E-state index contributed by atoms with van der Waals surface area (Å²) in [5.41, 5.74) is 2.83. The highest BCUT2D eigenvalue weighted by molar-refractivity contribution is 6.70. The first-order valence-corrected chi connectivity index (χ1v) is 10.5. The third-order valence-corrected chi connectivity index (χ3v) is 5.85. The molecule has 1 aliphatic rings. The van der Waals surface area contributed by atoms with Gasteiger partial charge in [0.1, 0.15) is 22.7 Å². The van der Waals surface area contributed by atoms with E-state index >= 15 is 0 Å². The quantitative estimate of drug-likeness (QED) is 0.576. The van der Waals surface area contributed by atoms with Crippen LogP contribution in [0.15, 0.2) is 71.7 Å². The summed E-state index contributed by atoms with van der Waals surface area (Å²) in [5, 5.41) is 10.7. The Hall–Kier alpha value is -3.02. The Bertz CT molecular complexity index is 1150. The number of halogens is 2. The van der Waals surface area contributed by atoms with E-state index in [1.807, 2.05) is 42.5 Å². The maximum atomic E-state index is 13.6. The van der Waals surface area contributed by atoms with Gasteiger partial charge in [-0.15, -0.1) is 0 Å². The Morgan fingerprint density at radius 3 is 2.52 bits per heavy atom. The monoisotopic (exact) mass is 454 g/mol. The lowest BCUT2D eigenvalue weighted by atomic mass is 10.0. The van der Waals surface area contributed by atoms with Crippen LogP contribution in [0.3, 0.4) is 0 Å². The normalized spacial score (nSPS) is 15.8. The maximum Gasteiger partial charge on any atom is 0.252 e. The summed E-state index contributed by atoms with van der Waals surface area (Å²) >= 11 is 12.8. The lowest BCUT2D eigenvalue weighted by molar-refractivity contribution is -0.119. The number of carbonyl (C=O) groups excluding carboxylic acids is 1. The Kier molecular flexibility index (Phi) is 6.16. The molecule has 1 atom stereocenters. The van der Waals surface area contributed by atoms with Crippen molar-refractivity contribution in [2.45, 2.75) is 19.0 Å². The van der Waals surface area contributed by atoms with Crippen LogP contribution in [0.5, 0.6) is 11.5 Å². The van der Waals surface area contributed by atoms with E-state index in [1.54, 1.807) is 24.1 Å². The molecule has 1 heterocycles. The number of anilines is 1. The van der Waals surface area contributed by atoms with Crippen molar-refractivity contribution in [3.8, 4) is 11.5 Å². The number of hydrogen-bond acceptors (Lipinski definition) is 4. The van der Waals surface area contributed by atoms with Crippen LogP contribution in [0.25, 0.3) is 0 Å². The van der Waals surface area contributed by atoms with Crippen LogP contribution in [0.4, 0.5) is 5.69 Å². The number of phenols is 1. The summed E-state index contributed by atoms with van der Waals surface area (Å²) in [5.74, 6) is 0.589. The standard InChI is InChI=1S/C24H20Cl2N2O3/c1-31-18-9-6-15(7-10-18)14-28-22-11-8-17(29)13-19(22)23(26)27-21(24(28)30)12-16-4-2-3-5-20(16)25/h2-11,13,21,29H,12,14H2,1H3. The van der Waals surface area contributed by atoms with Crippen LogP contribution in [-0.4, -0.2) is 29.3 Å². The third-order valence-electron chi connectivity index (χ3n) is 5.18. The number of methoxy groups -OCH3 is 1. The molecular formula is C24H20Cl2N2O3. The second-order valence-electron chi connectivity index (χ2n) is 7.21. The van der Waals surface area contributed by atoms with Crippen molar-refractivity contribution in [1.82, 2.24) is 0 Å². The van der Waals surface area contributed by atoms with Gasteiger partial charge in [0.15, 0.2) is 0 Å². The van der Waals surface area contributed by atoms with E-state index < -0.39 is 6.04 Å². The highest BCUT2D eigenvalue weighted by Crippen LogP contribution is 2.33. The highest BCUT2D eigenvalue weighted by atomic mass is 35.5. The number of nitrogens with zero attached hydrogens (tertiary/aromatic N) is 2. The molecule has 0 saturated carbocycles. The number of hydrogen-bond donors (Lipinski definition) is 1. The zero-order valence-corrected chi connectivity index (χ0v) is 18.3. The summed E-state index contributed by atoms with van der Waals surface area (Å²) < 4.78 is 5.22. The van der Waals surface area contributed by atoms with Crippen molar-refractivity contribution in [2.24, 2.45) is 4.99 Å². The molecule has 31 heavy (non-hydrogen) atoms. The molecule has 7 heteroatoms. The van der Waals surface area contributed by atoms with Gasteiger partial charge >= 0.3 is 0 Å². The molecule has 0 aromatic heterocycles. The first kappa shape index (κ1) is 21.2. The predicted molar refractivity (Wildman–Crippen MR) is 124 cm³/mol. The molecule has 3 aromatic rings. The Morgan fingerprint density at radius 2 is 1.81 bits per heavy atom. The van der Waals surface area contributed by atoms with Crippen molar-refractivity contribution < 1.29 is 14.6 Å². The number of fused-ring (bicyclic) bond motifs is 1. The molecule has 0 saturated heterocycles. The molecule has 1 amide bonds. The predicted octanol–water partition coefficient (Wildman–Crippen LogP) is 5.20. The summed E-state index contributed by atoms with van der Waals surface area (Å²) in [6.07, 6.45) is 0.313. The number of amides is 1. The minimum atomic E-state index is -0.750. The number of rotatable bonds is 5. The van der Waals surface area contributed by atoms with Crippen molar-refractivity contribution >= 4 is 40.0 Å².